The zero-order valence-electron chi connectivity index (χ0n) is 49.6. The number of carbonyl (C=O) groups excluding carboxylic acids is 3. The van der Waals surface area contributed by atoms with E-state index in [1.54, 1.807) is 0 Å². The lowest BCUT2D eigenvalue weighted by Crippen LogP contribution is -2.30. The van der Waals surface area contributed by atoms with Gasteiger partial charge in [-0.2, -0.15) is 0 Å². The van der Waals surface area contributed by atoms with Gasteiger partial charge < -0.3 is 14.2 Å². The van der Waals surface area contributed by atoms with Crippen molar-refractivity contribution in [3.63, 3.8) is 0 Å². The number of esters is 3. The molecule has 0 saturated heterocycles. The third kappa shape index (κ3) is 61.3. The first-order valence-electron chi connectivity index (χ1n) is 32.1. The fourth-order valence-corrected chi connectivity index (χ4v) is 9.05. The number of hydrogen-bond acceptors (Lipinski definition) is 6. The van der Waals surface area contributed by atoms with E-state index >= 15 is 0 Å². The summed E-state index contributed by atoms with van der Waals surface area (Å²) in [6.45, 7) is 6.53. The van der Waals surface area contributed by atoms with Gasteiger partial charge in [-0.1, -0.05) is 266 Å². The summed E-state index contributed by atoms with van der Waals surface area (Å²) in [5.74, 6) is -0.920. The van der Waals surface area contributed by atoms with Crippen LogP contribution in [0.15, 0.2) is 85.1 Å². The Kier molecular flexibility index (Phi) is 60.3. The highest BCUT2D eigenvalue weighted by molar-refractivity contribution is 5.71. The molecule has 1 atom stereocenters. The zero-order chi connectivity index (χ0) is 54.3. The van der Waals surface area contributed by atoms with Crippen LogP contribution >= 0.6 is 0 Å². The van der Waals surface area contributed by atoms with Crippen LogP contribution in [0.2, 0.25) is 0 Å². The SMILES string of the molecule is CC/C=C\C/C=C\C/C=C\C/C=C\C/C=C\CCCCCC(=O)OCC(COC(=O)CCCCCCCCC/C=C\CCCCCCCCCC)OC(=O)CCCCCCCCC/C=C\CCCCCCCCCC. The predicted molar refractivity (Wildman–Crippen MR) is 325 cm³/mol. The third-order valence-corrected chi connectivity index (χ3v) is 13.9. The molecule has 0 aromatic carbocycles. The van der Waals surface area contributed by atoms with E-state index in [1.807, 2.05) is 0 Å². The quantitative estimate of drug-likeness (QED) is 0.0261. The summed E-state index contributed by atoms with van der Waals surface area (Å²) in [7, 11) is 0. The fraction of sp³-hybridized carbons (Fsp3) is 0.754. The molecule has 0 aromatic rings. The fourth-order valence-electron chi connectivity index (χ4n) is 9.05. The molecule has 0 bridgehead atoms. The van der Waals surface area contributed by atoms with Crippen molar-refractivity contribution in [3.8, 4) is 0 Å². The molecule has 0 radical (unpaired) electrons. The van der Waals surface area contributed by atoms with Crippen molar-refractivity contribution in [2.45, 2.75) is 322 Å². The standard InChI is InChI=1S/C69H120O6/c1-4-7-10-13-16-19-22-25-28-31-34-37-40-43-46-49-52-55-58-61-67(70)73-64-66(75-69(72)63-60-57-54-51-48-45-42-39-36-33-30-27-24-21-18-15-12-9-6-3)65-74-68(71)62-59-56-53-50-47-44-41-38-35-32-29-26-23-20-17-14-11-8-5-2/h7,10,16,19,25,28,32-37,43,46,66H,4-6,8-9,11-15,17-18,20-24,26-27,29-31,38-42,44-45,47-65H2,1-3H3/b10-7-,19-16-,28-25-,35-32-,36-33-,37-34-,46-43-. The molecule has 0 N–H and O–H groups in total. The van der Waals surface area contributed by atoms with Gasteiger partial charge in [0.25, 0.3) is 0 Å². The van der Waals surface area contributed by atoms with E-state index in [0.29, 0.717) is 19.3 Å². The molecular formula is C69H120O6. The van der Waals surface area contributed by atoms with Gasteiger partial charge in [-0.15, -0.1) is 0 Å². The topological polar surface area (TPSA) is 78.9 Å². The molecule has 0 spiro atoms. The van der Waals surface area contributed by atoms with E-state index < -0.39 is 6.10 Å². The van der Waals surface area contributed by atoms with Gasteiger partial charge in [0.05, 0.1) is 0 Å². The molecule has 0 amide bonds. The Morgan fingerprint density at radius 3 is 0.840 bits per heavy atom. The number of carbonyl (C=O) groups is 3. The maximum absolute atomic E-state index is 12.9. The van der Waals surface area contributed by atoms with Gasteiger partial charge >= 0.3 is 17.9 Å². The summed E-state index contributed by atoms with van der Waals surface area (Å²) in [6, 6.07) is 0. The van der Waals surface area contributed by atoms with E-state index in [2.05, 4.69) is 106 Å². The highest BCUT2D eigenvalue weighted by Gasteiger charge is 2.19. The van der Waals surface area contributed by atoms with Gasteiger partial charge in [0.1, 0.15) is 13.2 Å². The molecule has 75 heavy (non-hydrogen) atoms. The number of rotatable bonds is 58. The Morgan fingerprint density at radius 1 is 0.280 bits per heavy atom. The number of unbranched alkanes of at least 4 members (excludes halogenated alkanes) is 33. The van der Waals surface area contributed by atoms with Crippen molar-refractivity contribution >= 4 is 17.9 Å². The molecule has 0 aromatic heterocycles. The van der Waals surface area contributed by atoms with Crippen LogP contribution in [0.4, 0.5) is 0 Å². The normalized spacial score (nSPS) is 12.6. The molecular weight excluding hydrogens is 925 g/mol. The highest BCUT2D eigenvalue weighted by Crippen LogP contribution is 2.16. The zero-order valence-corrected chi connectivity index (χ0v) is 49.6. The molecule has 0 fully saturated rings. The molecule has 0 aliphatic heterocycles. The summed E-state index contributed by atoms with van der Waals surface area (Å²) in [5.41, 5.74) is 0. The summed E-state index contributed by atoms with van der Waals surface area (Å²) >= 11 is 0. The molecule has 0 heterocycles. The van der Waals surface area contributed by atoms with Crippen molar-refractivity contribution in [1.29, 1.82) is 0 Å². The largest absolute Gasteiger partial charge is 0.462 e. The van der Waals surface area contributed by atoms with Crippen molar-refractivity contribution in [2.24, 2.45) is 0 Å². The Morgan fingerprint density at radius 2 is 0.520 bits per heavy atom. The lowest BCUT2D eigenvalue weighted by Gasteiger charge is -2.18. The highest BCUT2D eigenvalue weighted by atomic mass is 16.6. The van der Waals surface area contributed by atoms with Crippen molar-refractivity contribution < 1.29 is 28.6 Å². The van der Waals surface area contributed by atoms with Crippen LogP contribution in [-0.2, 0) is 28.6 Å². The molecule has 0 rings (SSSR count). The van der Waals surface area contributed by atoms with E-state index in [1.165, 1.54) is 180 Å². The first-order valence-corrected chi connectivity index (χ1v) is 32.1. The molecule has 6 heteroatoms. The first kappa shape index (κ1) is 71.6. The van der Waals surface area contributed by atoms with Crippen LogP contribution in [0.3, 0.4) is 0 Å². The van der Waals surface area contributed by atoms with E-state index in [4.69, 9.17) is 14.2 Å². The van der Waals surface area contributed by atoms with Gasteiger partial charge in [-0.25, -0.2) is 0 Å². The van der Waals surface area contributed by atoms with Crippen molar-refractivity contribution in [1.82, 2.24) is 0 Å². The van der Waals surface area contributed by atoms with Crippen LogP contribution in [0.25, 0.3) is 0 Å². The summed E-state index contributed by atoms with van der Waals surface area (Å²) in [4.78, 5) is 38.3. The Balaban J connectivity index is 4.44. The molecule has 6 nitrogen and oxygen atoms in total. The van der Waals surface area contributed by atoms with Gasteiger partial charge in [0, 0.05) is 19.3 Å². The maximum atomic E-state index is 12.9. The predicted octanol–water partition coefficient (Wildman–Crippen LogP) is 21.9. The Labute approximate surface area is 465 Å². The monoisotopic (exact) mass is 1040 g/mol. The Hall–Kier alpha value is -3.41. The molecule has 0 aliphatic rings. The van der Waals surface area contributed by atoms with Gasteiger partial charge in [-0.05, 0) is 116 Å². The second kappa shape index (κ2) is 63.1. The molecule has 0 saturated carbocycles. The minimum Gasteiger partial charge on any atom is -0.462 e. The number of ether oxygens (including phenoxy) is 3. The average Bonchev–Trinajstić information content (AvgIpc) is 3.41. The van der Waals surface area contributed by atoms with Crippen LogP contribution in [-0.4, -0.2) is 37.2 Å². The second-order valence-electron chi connectivity index (χ2n) is 21.3. The molecule has 432 valence electrons. The minimum absolute atomic E-state index is 0.0902. The average molecular weight is 1050 g/mol. The first-order chi connectivity index (χ1) is 37.0. The third-order valence-electron chi connectivity index (χ3n) is 13.9. The summed E-state index contributed by atoms with van der Waals surface area (Å²) in [5, 5.41) is 0. The van der Waals surface area contributed by atoms with Crippen molar-refractivity contribution in [3.05, 3.63) is 85.1 Å². The lowest BCUT2D eigenvalue weighted by molar-refractivity contribution is -0.167. The Bertz CT molecular complexity index is 1430. The smallest absolute Gasteiger partial charge is 0.306 e. The summed E-state index contributed by atoms with van der Waals surface area (Å²) < 4.78 is 16.9. The van der Waals surface area contributed by atoms with Crippen LogP contribution in [0.5, 0.6) is 0 Å². The lowest BCUT2D eigenvalue weighted by atomic mass is 10.1. The van der Waals surface area contributed by atoms with Crippen LogP contribution in [0.1, 0.15) is 316 Å². The van der Waals surface area contributed by atoms with Crippen LogP contribution in [0, 0.1) is 0 Å². The van der Waals surface area contributed by atoms with Gasteiger partial charge in [0.2, 0.25) is 0 Å². The van der Waals surface area contributed by atoms with E-state index in [-0.39, 0.29) is 31.1 Å². The van der Waals surface area contributed by atoms with Gasteiger partial charge in [0.15, 0.2) is 6.10 Å². The maximum Gasteiger partial charge on any atom is 0.306 e. The number of allylic oxidation sites excluding steroid dienone is 14. The number of hydrogen-bond donors (Lipinski definition) is 0. The molecule has 0 aliphatic carbocycles. The second-order valence-corrected chi connectivity index (χ2v) is 21.3. The minimum atomic E-state index is -0.796. The van der Waals surface area contributed by atoms with Gasteiger partial charge in [-0.3, -0.25) is 14.4 Å². The van der Waals surface area contributed by atoms with E-state index in [9.17, 15) is 14.4 Å². The van der Waals surface area contributed by atoms with E-state index in [0.717, 1.165) is 96.3 Å². The van der Waals surface area contributed by atoms with Crippen LogP contribution < -0.4 is 0 Å². The summed E-state index contributed by atoms with van der Waals surface area (Å²) in [6.07, 6.45) is 83.0. The molecule has 1 unspecified atom stereocenters. The van der Waals surface area contributed by atoms with Crippen molar-refractivity contribution in [2.75, 3.05) is 13.2 Å².